The Kier molecular flexibility index (Phi) is 5.26. The van der Waals surface area contributed by atoms with Crippen LogP contribution in [0.5, 0.6) is 11.5 Å². The summed E-state index contributed by atoms with van der Waals surface area (Å²) in [7, 11) is 0. The van der Waals surface area contributed by atoms with E-state index < -0.39 is 0 Å². The van der Waals surface area contributed by atoms with Crippen molar-refractivity contribution in [1.29, 1.82) is 0 Å². The number of ether oxygens (including phenoxy) is 2. The number of Topliss-reactive ketones (excluding diaryl/α,β-unsaturated/α-hetero) is 1. The number of carbonyl (C=O) groups excluding carboxylic acids is 1. The van der Waals surface area contributed by atoms with Gasteiger partial charge in [-0.3, -0.25) is 9.69 Å². The van der Waals surface area contributed by atoms with Crippen LogP contribution in [0.15, 0.2) is 66.4 Å². The molecule has 3 aromatic rings. The summed E-state index contributed by atoms with van der Waals surface area (Å²) in [5.41, 5.74) is 4.83. The molecule has 0 unspecified atom stereocenters. The number of nitrogens with zero attached hydrogens (tertiary/aromatic N) is 1. The lowest BCUT2D eigenvalue weighted by Crippen LogP contribution is -2.33. The van der Waals surface area contributed by atoms with E-state index in [1.54, 1.807) is 6.07 Å². The molecule has 0 spiro atoms. The van der Waals surface area contributed by atoms with Crippen molar-refractivity contribution in [2.75, 3.05) is 13.3 Å². The lowest BCUT2D eigenvalue weighted by Gasteiger charge is -2.29. The number of aryl methyl sites for hydroxylation is 1. The SMILES string of the molecule is Cc1ccccc1/C=C1\Oc2c(ccc3c2CN(CCc2ccc(Cl)cc2)CO3)C1=O. The fourth-order valence-electron chi connectivity index (χ4n) is 3.98. The minimum Gasteiger partial charge on any atom is -0.478 e. The Morgan fingerprint density at radius 3 is 2.68 bits per heavy atom. The molecule has 2 aliphatic rings. The molecule has 31 heavy (non-hydrogen) atoms. The lowest BCUT2D eigenvalue weighted by molar-refractivity contribution is 0.0950. The van der Waals surface area contributed by atoms with Crippen LogP contribution < -0.4 is 9.47 Å². The summed E-state index contributed by atoms with van der Waals surface area (Å²) in [5, 5.41) is 0.742. The Balaban J connectivity index is 1.36. The Bertz CT molecular complexity index is 1180. The largest absolute Gasteiger partial charge is 0.478 e. The smallest absolute Gasteiger partial charge is 0.231 e. The molecule has 0 atom stereocenters. The summed E-state index contributed by atoms with van der Waals surface area (Å²) in [6, 6.07) is 19.5. The lowest BCUT2D eigenvalue weighted by atomic mass is 10.0. The van der Waals surface area contributed by atoms with Crippen molar-refractivity contribution in [3.8, 4) is 11.5 Å². The Morgan fingerprint density at radius 1 is 1.06 bits per heavy atom. The second-order valence-corrected chi connectivity index (χ2v) is 8.35. The number of fused-ring (bicyclic) bond motifs is 3. The van der Waals surface area contributed by atoms with E-state index in [1.807, 2.05) is 67.6 Å². The van der Waals surface area contributed by atoms with Crippen molar-refractivity contribution in [2.45, 2.75) is 19.9 Å². The summed E-state index contributed by atoms with van der Waals surface area (Å²) < 4.78 is 12.1. The molecule has 0 aromatic heterocycles. The van der Waals surface area contributed by atoms with E-state index in [0.29, 0.717) is 30.3 Å². The quantitative estimate of drug-likeness (QED) is 0.500. The van der Waals surface area contributed by atoms with Crippen molar-refractivity contribution in [3.63, 3.8) is 0 Å². The van der Waals surface area contributed by atoms with Gasteiger partial charge in [-0.2, -0.15) is 0 Å². The minimum absolute atomic E-state index is 0.0839. The van der Waals surface area contributed by atoms with Gasteiger partial charge in [0.05, 0.1) is 11.1 Å². The number of carbonyl (C=O) groups is 1. The van der Waals surface area contributed by atoms with Gasteiger partial charge in [0.25, 0.3) is 0 Å². The summed E-state index contributed by atoms with van der Waals surface area (Å²) in [6.45, 7) is 4.05. The van der Waals surface area contributed by atoms with E-state index in [1.165, 1.54) is 5.56 Å². The monoisotopic (exact) mass is 431 g/mol. The van der Waals surface area contributed by atoms with E-state index >= 15 is 0 Å². The molecule has 0 saturated heterocycles. The van der Waals surface area contributed by atoms with E-state index in [-0.39, 0.29) is 5.78 Å². The first kappa shape index (κ1) is 19.9. The van der Waals surface area contributed by atoms with Gasteiger partial charge >= 0.3 is 0 Å². The highest BCUT2D eigenvalue weighted by Crippen LogP contribution is 2.42. The first-order valence-electron chi connectivity index (χ1n) is 10.3. The normalized spacial score (nSPS) is 16.6. The Labute approximate surface area is 186 Å². The van der Waals surface area contributed by atoms with Gasteiger partial charge in [0.1, 0.15) is 18.2 Å². The molecular formula is C26H22ClNO3. The maximum atomic E-state index is 13.0. The predicted octanol–water partition coefficient (Wildman–Crippen LogP) is 5.66. The highest BCUT2D eigenvalue weighted by atomic mass is 35.5. The number of hydrogen-bond acceptors (Lipinski definition) is 4. The molecule has 0 radical (unpaired) electrons. The van der Waals surface area contributed by atoms with E-state index in [4.69, 9.17) is 21.1 Å². The van der Waals surface area contributed by atoms with Crippen LogP contribution in [-0.4, -0.2) is 24.0 Å². The third-order valence-corrected chi connectivity index (χ3v) is 6.04. The van der Waals surface area contributed by atoms with Gasteiger partial charge in [0.2, 0.25) is 5.78 Å². The molecule has 4 nitrogen and oxygen atoms in total. The molecule has 156 valence electrons. The number of ketones is 1. The fourth-order valence-corrected chi connectivity index (χ4v) is 4.10. The molecule has 3 aromatic carbocycles. The Morgan fingerprint density at radius 2 is 1.87 bits per heavy atom. The molecular weight excluding hydrogens is 410 g/mol. The van der Waals surface area contributed by atoms with Crippen LogP contribution in [0.4, 0.5) is 0 Å². The third-order valence-electron chi connectivity index (χ3n) is 5.79. The van der Waals surface area contributed by atoms with Gasteiger partial charge in [-0.25, -0.2) is 0 Å². The molecule has 2 heterocycles. The number of allylic oxidation sites excluding steroid dienone is 1. The average Bonchev–Trinajstić information content (AvgIpc) is 3.10. The summed E-state index contributed by atoms with van der Waals surface area (Å²) in [4.78, 5) is 15.2. The molecule has 5 rings (SSSR count). The number of halogens is 1. The van der Waals surface area contributed by atoms with Gasteiger partial charge in [-0.05, 0) is 60.4 Å². The van der Waals surface area contributed by atoms with Crippen molar-refractivity contribution >= 4 is 23.5 Å². The Hall–Kier alpha value is -3.08. The van der Waals surface area contributed by atoms with Crippen molar-refractivity contribution in [2.24, 2.45) is 0 Å². The zero-order chi connectivity index (χ0) is 21.4. The van der Waals surface area contributed by atoms with E-state index in [0.717, 1.165) is 40.4 Å². The predicted molar refractivity (Wildman–Crippen MR) is 122 cm³/mol. The van der Waals surface area contributed by atoms with E-state index in [2.05, 4.69) is 4.90 Å². The van der Waals surface area contributed by atoms with Gasteiger partial charge in [0, 0.05) is 18.1 Å². The first-order valence-corrected chi connectivity index (χ1v) is 10.7. The number of rotatable bonds is 4. The molecule has 5 heteroatoms. The summed E-state index contributed by atoms with van der Waals surface area (Å²) in [6.07, 6.45) is 2.72. The number of benzene rings is 3. The zero-order valence-electron chi connectivity index (χ0n) is 17.2. The van der Waals surface area contributed by atoms with E-state index in [9.17, 15) is 4.79 Å². The van der Waals surface area contributed by atoms with Crippen LogP contribution in [-0.2, 0) is 13.0 Å². The fraction of sp³-hybridized carbons (Fsp3) is 0.192. The van der Waals surface area contributed by atoms with Gasteiger partial charge in [-0.15, -0.1) is 0 Å². The van der Waals surface area contributed by atoms with Crippen molar-refractivity contribution < 1.29 is 14.3 Å². The van der Waals surface area contributed by atoms with Crippen LogP contribution in [0.1, 0.15) is 32.6 Å². The highest BCUT2D eigenvalue weighted by Gasteiger charge is 2.33. The zero-order valence-corrected chi connectivity index (χ0v) is 18.0. The minimum atomic E-state index is -0.0839. The van der Waals surface area contributed by atoms with Gasteiger partial charge in [-0.1, -0.05) is 48.0 Å². The van der Waals surface area contributed by atoms with Gasteiger partial charge < -0.3 is 9.47 Å². The van der Waals surface area contributed by atoms with Crippen LogP contribution >= 0.6 is 11.6 Å². The highest BCUT2D eigenvalue weighted by molar-refractivity contribution is 6.30. The maximum absolute atomic E-state index is 13.0. The number of hydrogen-bond donors (Lipinski definition) is 0. The molecule has 0 amide bonds. The second-order valence-electron chi connectivity index (χ2n) is 7.92. The summed E-state index contributed by atoms with van der Waals surface area (Å²) in [5.74, 6) is 1.68. The van der Waals surface area contributed by atoms with Crippen LogP contribution in [0, 0.1) is 6.92 Å². The second kappa shape index (κ2) is 8.22. The maximum Gasteiger partial charge on any atom is 0.231 e. The van der Waals surface area contributed by atoms with Crippen molar-refractivity contribution in [1.82, 2.24) is 4.90 Å². The summed E-state index contributed by atoms with van der Waals surface area (Å²) >= 11 is 5.98. The molecule has 0 bridgehead atoms. The van der Waals surface area contributed by atoms with Crippen molar-refractivity contribution in [3.05, 3.63) is 99.3 Å². The first-order chi connectivity index (χ1) is 15.1. The standard InChI is InChI=1S/C26H22ClNO3/c1-17-4-2-3-5-19(17)14-24-25(29)21-10-11-23-22(26(21)31-24)15-28(16-30-23)13-12-18-6-8-20(27)9-7-18/h2-11,14H,12-13,15-16H2,1H3/b24-14-. The third kappa shape index (κ3) is 3.97. The van der Waals surface area contributed by atoms with Crippen LogP contribution in [0.25, 0.3) is 6.08 Å². The molecule has 0 saturated carbocycles. The van der Waals surface area contributed by atoms with Gasteiger partial charge in [0.15, 0.2) is 5.76 Å². The van der Waals surface area contributed by atoms with Crippen LogP contribution in [0.3, 0.4) is 0 Å². The molecule has 0 N–H and O–H groups in total. The molecule has 2 aliphatic heterocycles. The molecule has 0 fully saturated rings. The topological polar surface area (TPSA) is 38.8 Å². The van der Waals surface area contributed by atoms with Crippen LogP contribution in [0.2, 0.25) is 5.02 Å². The molecule has 0 aliphatic carbocycles. The average molecular weight is 432 g/mol.